The zero-order chi connectivity index (χ0) is 11.0. The highest BCUT2D eigenvalue weighted by atomic mass is 32.2. The number of thioether (sulfide) groups is 1. The average Bonchev–Trinajstić information content (AvgIpc) is 2.14. The molecule has 3 nitrogen and oxygen atoms in total. The minimum atomic E-state index is 0.240. The molecule has 0 radical (unpaired) electrons. The predicted octanol–water partition coefficient (Wildman–Crippen LogP) is 1.33. The highest BCUT2D eigenvalue weighted by Gasteiger charge is 2.08. The molecule has 4 heteroatoms. The van der Waals surface area contributed by atoms with E-state index in [1.165, 1.54) is 0 Å². The van der Waals surface area contributed by atoms with Gasteiger partial charge in [0.25, 0.3) is 0 Å². The lowest BCUT2D eigenvalue weighted by molar-refractivity contribution is -0.127. The maximum atomic E-state index is 11.5. The molecule has 0 aliphatic rings. The van der Waals surface area contributed by atoms with Crippen LogP contribution in [0.2, 0.25) is 0 Å². The van der Waals surface area contributed by atoms with Gasteiger partial charge in [0.1, 0.15) is 0 Å². The first-order valence-electron chi connectivity index (χ1n) is 5.22. The second kappa shape index (κ2) is 8.12. The Kier molecular flexibility index (Phi) is 7.99. The molecule has 2 N–H and O–H groups in total. The largest absolute Gasteiger partial charge is 0.343 e. The van der Waals surface area contributed by atoms with Gasteiger partial charge in [0.15, 0.2) is 0 Å². The van der Waals surface area contributed by atoms with Crippen LogP contribution in [0.25, 0.3) is 0 Å². The SMILES string of the molecule is CCN(CC)C(=O)CSCCC(C)N. The normalized spacial score (nSPS) is 12.6. The standard InChI is InChI=1S/C10H22N2OS/c1-4-12(5-2)10(13)8-14-7-6-9(3)11/h9H,4-8,11H2,1-3H3. The number of nitrogens with two attached hydrogens (primary N) is 1. The summed E-state index contributed by atoms with van der Waals surface area (Å²) in [5, 5.41) is 0. The molecule has 14 heavy (non-hydrogen) atoms. The molecule has 0 bridgehead atoms. The monoisotopic (exact) mass is 218 g/mol. The first-order valence-corrected chi connectivity index (χ1v) is 6.38. The summed E-state index contributed by atoms with van der Waals surface area (Å²) in [6.45, 7) is 7.63. The number of carbonyl (C=O) groups excluding carboxylic acids is 1. The highest BCUT2D eigenvalue weighted by molar-refractivity contribution is 7.99. The van der Waals surface area contributed by atoms with Crippen molar-refractivity contribution in [1.29, 1.82) is 0 Å². The van der Waals surface area contributed by atoms with Crippen LogP contribution in [0.4, 0.5) is 0 Å². The molecule has 0 saturated carbocycles. The molecule has 1 atom stereocenters. The van der Waals surface area contributed by atoms with Crippen LogP contribution >= 0.6 is 11.8 Å². The molecule has 84 valence electrons. The summed E-state index contributed by atoms with van der Waals surface area (Å²) in [6, 6.07) is 0.242. The molecule has 0 aliphatic carbocycles. The number of hydrogen-bond donors (Lipinski definition) is 1. The molecule has 1 unspecified atom stereocenters. The minimum Gasteiger partial charge on any atom is -0.343 e. The first-order chi connectivity index (χ1) is 6.61. The lowest BCUT2D eigenvalue weighted by Crippen LogP contribution is -2.32. The Hall–Kier alpha value is -0.220. The van der Waals surface area contributed by atoms with Crippen molar-refractivity contribution in [2.45, 2.75) is 33.2 Å². The predicted molar refractivity (Wildman–Crippen MR) is 63.5 cm³/mol. The van der Waals surface area contributed by atoms with Gasteiger partial charge in [-0.25, -0.2) is 0 Å². The van der Waals surface area contributed by atoms with Crippen LogP contribution in [0.5, 0.6) is 0 Å². The number of carbonyl (C=O) groups is 1. The molecule has 0 spiro atoms. The fourth-order valence-electron chi connectivity index (χ4n) is 1.10. The lowest BCUT2D eigenvalue weighted by Gasteiger charge is -2.18. The zero-order valence-electron chi connectivity index (χ0n) is 9.45. The summed E-state index contributed by atoms with van der Waals surface area (Å²) in [5.74, 6) is 1.81. The third kappa shape index (κ3) is 6.27. The van der Waals surface area contributed by atoms with Gasteiger partial charge in [0.05, 0.1) is 5.75 Å². The van der Waals surface area contributed by atoms with Crippen molar-refractivity contribution in [3.63, 3.8) is 0 Å². The lowest BCUT2D eigenvalue weighted by atomic mass is 10.3. The Morgan fingerprint density at radius 2 is 2.00 bits per heavy atom. The van der Waals surface area contributed by atoms with Crippen molar-refractivity contribution < 1.29 is 4.79 Å². The summed E-state index contributed by atoms with van der Waals surface area (Å²) < 4.78 is 0. The van der Waals surface area contributed by atoms with Crippen LogP contribution in [0.15, 0.2) is 0 Å². The summed E-state index contributed by atoms with van der Waals surface area (Å²) in [4.78, 5) is 13.4. The highest BCUT2D eigenvalue weighted by Crippen LogP contribution is 2.05. The van der Waals surface area contributed by atoms with Crippen molar-refractivity contribution in [2.75, 3.05) is 24.6 Å². The second-order valence-electron chi connectivity index (χ2n) is 3.38. The molecular weight excluding hydrogens is 196 g/mol. The number of rotatable bonds is 7. The summed E-state index contributed by atoms with van der Waals surface area (Å²) >= 11 is 1.68. The van der Waals surface area contributed by atoms with Gasteiger partial charge < -0.3 is 10.6 Å². The van der Waals surface area contributed by atoms with E-state index >= 15 is 0 Å². The minimum absolute atomic E-state index is 0.240. The van der Waals surface area contributed by atoms with Crippen LogP contribution in [0.3, 0.4) is 0 Å². The van der Waals surface area contributed by atoms with Crippen LogP contribution in [-0.2, 0) is 4.79 Å². The van der Waals surface area contributed by atoms with E-state index in [0.29, 0.717) is 5.75 Å². The maximum absolute atomic E-state index is 11.5. The van der Waals surface area contributed by atoms with Gasteiger partial charge in [-0.15, -0.1) is 0 Å². The molecule has 0 heterocycles. The summed E-state index contributed by atoms with van der Waals surface area (Å²) in [7, 11) is 0. The van der Waals surface area contributed by atoms with Gasteiger partial charge in [-0.3, -0.25) is 4.79 Å². The van der Waals surface area contributed by atoms with E-state index in [2.05, 4.69) is 0 Å². The molecule has 0 aromatic carbocycles. The van der Waals surface area contributed by atoms with Gasteiger partial charge in [0, 0.05) is 19.1 Å². The number of nitrogens with zero attached hydrogens (tertiary/aromatic N) is 1. The quantitative estimate of drug-likeness (QED) is 0.656. The van der Waals surface area contributed by atoms with Gasteiger partial charge in [-0.1, -0.05) is 0 Å². The van der Waals surface area contributed by atoms with E-state index in [4.69, 9.17) is 5.73 Å². The van der Waals surface area contributed by atoms with Gasteiger partial charge in [-0.05, 0) is 32.9 Å². The number of hydrogen-bond acceptors (Lipinski definition) is 3. The van der Waals surface area contributed by atoms with Gasteiger partial charge in [-0.2, -0.15) is 11.8 Å². The van der Waals surface area contributed by atoms with Crippen LogP contribution < -0.4 is 5.73 Å². The van der Waals surface area contributed by atoms with Crippen LogP contribution in [0.1, 0.15) is 27.2 Å². The Bertz CT molecular complexity index is 158. The molecule has 0 saturated heterocycles. The van der Waals surface area contributed by atoms with Gasteiger partial charge in [0.2, 0.25) is 5.91 Å². The Balaban J connectivity index is 3.52. The van der Waals surface area contributed by atoms with E-state index in [1.807, 2.05) is 25.7 Å². The van der Waals surface area contributed by atoms with Crippen molar-refractivity contribution in [3.8, 4) is 0 Å². The van der Waals surface area contributed by atoms with E-state index in [9.17, 15) is 4.79 Å². The Morgan fingerprint density at radius 1 is 1.43 bits per heavy atom. The van der Waals surface area contributed by atoms with E-state index < -0.39 is 0 Å². The van der Waals surface area contributed by atoms with E-state index in [1.54, 1.807) is 11.8 Å². The summed E-state index contributed by atoms with van der Waals surface area (Å²) in [6.07, 6.45) is 0.982. The summed E-state index contributed by atoms with van der Waals surface area (Å²) in [5.41, 5.74) is 5.61. The fourth-order valence-corrected chi connectivity index (χ4v) is 2.14. The first kappa shape index (κ1) is 13.8. The van der Waals surface area contributed by atoms with Crippen molar-refractivity contribution in [3.05, 3.63) is 0 Å². The van der Waals surface area contributed by atoms with Crippen molar-refractivity contribution >= 4 is 17.7 Å². The van der Waals surface area contributed by atoms with Crippen LogP contribution in [-0.4, -0.2) is 41.4 Å². The van der Waals surface area contributed by atoms with Crippen LogP contribution in [0, 0.1) is 0 Å². The topological polar surface area (TPSA) is 46.3 Å². The Morgan fingerprint density at radius 3 is 2.43 bits per heavy atom. The van der Waals surface area contributed by atoms with Gasteiger partial charge >= 0.3 is 0 Å². The molecule has 0 aliphatic heterocycles. The van der Waals surface area contributed by atoms with E-state index in [-0.39, 0.29) is 11.9 Å². The molecule has 1 amide bonds. The smallest absolute Gasteiger partial charge is 0.232 e. The molecule has 0 aromatic heterocycles. The van der Waals surface area contributed by atoms with E-state index in [0.717, 1.165) is 25.3 Å². The zero-order valence-corrected chi connectivity index (χ0v) is 10.3. The van der Waals surface area contributed by atoms with Crippen molar-refractivity contribution in [2.24, 2.45) is 5.73 Å². The third-order valence-corrected chi connectivity index (χ3v) is 3.03. The molecular formula is C10H22N2OS. The maximum Gasteiger partial charge on any atom is 0.232 e. The molecule has 0 fully saturated rings. The average molecular weight is 218 g/mol. The molecule has 0 aromatic rings. The number of amides is 1. The third-order valence-electron chi connectivity index (χ3n) is 2.06. The molecule has 0 rings (SSSR count). The second-order valence-corrected chi connectivity index (χ2v) is 4.49. The fraction of sp³-hybridized carbons (Fsp3) is 0.900. The Labute approximate surface area is 91.4 Å². The van der Waals surface area contributed by atoms with Crippen molar-refractivity contribution in [1.82, 2.24) is 4.90 Å².